The molecule has 0 spiro atoms. The minimum absolute atomic E-state index is 0. The van der Waals surface area contributed by atoms with Gasteiger partial charge in [-0.15, -0.1) is 0 Å². The Balaban J connectivity index is 0.000000845. The van der Waals surface area contributed by atoms with Crippen LogP contribution in [0.25, 0.3) is 0 Å². The van der Waals surface area contributed by atoms with Crippen LogP contribution in [0, 0.1) is 0 Å². The first-order valence-electron chi connectivity index (χ1n) is 3.96. The predicted octanol–water partition coefficient (Wildman–Crippen LogP) is 3.70. The minimum Gasteiger partial charge on any atom is 1.00 e. The fourth-order valence-electron chi connectivity index (χ4n) is 1.30. The van der Waals surface area contributed by atoms with Crippen molar-refractivity contribution in [1.82, 2.24) is 0 Å². The molecule has 0 saturated carbocycles. The van der Waals surface area contributed by atoms with Gasteiger partial charge in [0.1, 0.15) is 0 Å². The van der Waals surface area contributed by atoms with E-state index in [4.69, 9.17) is 9.42 Å². The normalized spacial score (nSPS) is 22.2. The molecule has 0 nitrogen and oxygen atoms in total. The molecule has 0 aromatic carbocycles. The zero-order valence-electron chi connectivity index (χ0n) is 7.56. The molecular formula is C10H11ClMo+. The van der Waals surface area contributed by atoms with Crippen LogP contribution in [-0.4, -0.2) is 0 Å². The number of halogens is 1. The molecule has 0 fully saturated rings. The van der Waals surface area contributed by atoms with Crippen LogP contribution in [0.1, 0.15) is 1.43 Å². The van der Waals surface area contributed by atoms with Crippen molar-refractivity contribution < 1.29 is 17.7 Å². The van der Waals surface area contributed by atoms with Gasteiger partial charge in [0.2, 0.25) is 0 Å². The first-order chi connectivity index (χ1) is 5.88. The van der Waals surface area contributed by atoms with Crippen LogP contribution in [0.5, 0.6) is 0 Å². The Bertz CT molecular complexity index is 229. The van der Waals surface area contributed by atoms with Gasteiger partial charge in [0, 0.05) is 0 Å². The van der Waals surface area contributed by atoms with Crippen molar-refractivity contribution in [3.05, 3.63) is 48.6 Å². The van der Waals surface area contributed by atoms with Crippen LogP contribution in [0.4, 0.5) is 0 Å². The molecule has 0 unspecified atom stereocenters. The maximum Gasteiger partial charge on any atom is 1.00 e. The monoisotopic (exact) mass is 264 g/mol. The third-order valence-corrected chi connectivity index (χ3v) is 8.48. The molecule has 0 atom stereocenters. The van der Waals surface area contributed by atoms with Crippen molar-refractivity contribution in [2.45, 2.75) is 8.62 Å². The second-order valence-corrected chi connectivity index (χ2v) is 9.11. The summed E-state index contributed by atoms with van der Waals surface area (Å²) < 4.78 is 1.15. The Kier molecular flexibility index (Phi) is 2.68. The van der Waals surface area contributed by atoms with Crippen molar-refractivity contribution in [3.8, 4) is 0 Å². The Morgan fingerprint density at radius 3 is 1.50 bits per heavy atom. The molecule has 0 N–H and O–H groups in total. The fourth-order valence-corrected chi connectivity index (χ4v) is 5.97. The van der Waals surface area contributed by atoms with E-state index in [0.717, 1.165) is 0 Å². The van der Waals surface area contributed by atoms with Crippen molar-refractivity contribution in [3.63, 3.8) is 0 Å². The molecule has 12 heavy (non-hydrogen) atoms. The van der Waals surface area contributed by atoms with Crippen LogP contribution < -0.4 is 0 Å². The van der Waals surface area contributed by atoms with Gasteiger partial charge in [0.15, 0.2) is 0 Å². The zero-order valence-corrected chi connectivity index (χ0v) is 9.32. The largest absolute Gasteiger partial charge is 1.00 e. The van der Waals surface area contributed by atoms with E-state index in [2.05, 4.69) is 48.6 Å². The first kappa shape index (κ1) is 8.53. The summed E-state index contributed by atoms with van der Waals surface area (Å²) in [5.41, 5.74) is 0. The smallest absolute Gasteiger partial charge is 1.00 e. The third-order valence-electron chi connectivity index (χ3n) is 1.95. The maximum atomic E-state index is 6.46. The first-order valence-corrected chi connectivity index (χ1v) is 8.86. The fraction of sp³-hybridized carbons (Fsp3) is 0.200. The van der Waals surface area contributed by atoms with Crippen molar-refractivity contribution in [2.24, 2.45) is 0 Å². The molecule has 0 radical (unpaired) electrons. The molecular weight excluding hydrogens is 252 g/mol. The molecule has 0 aliphatic heterocycles. The van der Waals surface area contributed by atoms with E-state index in [-0.39, 0.29) is 1.43 Å². The SMILES string of the molecule is [Cl][Mo]([CH]1C=CC=C1)[CH]1C=CC=C1.[H+]. The molecule has 0 aromatic rings. The van der Waals surface area contributed by atoms with Gasteiger partial charge in [-0.05, 0) is 0 Å². The molecule has 2 aliphatic carbocycles. The quantitative estimate of drug-likeness (QED) is 0.666. The molecule has 0 heterocycles. The molecule has 2 aliphatic rings. The summed E-state index contributed by atoms with van der Waals surface area (Å²) in [6.07, 6.45) is 17.3. The molecule has 0 amide bonds. The van der Waals surface area contributed by atoms with E-state index in [9.17, 15) is 0 Å². The Hall–Kier alpha value is -0.0617. The Morgan fingerprint density at radius 2 is 1.17 bits per heavy atom. The van der Waals surface area contributed by atoms with E-state index in [1.54, 1.807) is 0 Å². The zero-order chi connectivity index (χ0) is 8.39. The number of hydrogen-bond acceptors (Lipinski definition) is 0. The van der Waals surface area contributed by atoms with Gasteiger partial charge < -0.3 is 0 Å². The topological polar surface area (TPSA) is 0 Å². The predicted molar refractivity (Wildman–Crippen MR) is 51.0 cm³/mol. The Morgan fingerprint density at radius 1 is 0.833 bits per heavy atom. The van der Waals surface area contributed by atoms with Crippen LogP contribution in [0.15, 0.2) is 48.6 Å². The summed E-state index contributed by atoms with van der Waals surface area (Å²) in [6, 6.07) is 0. The second kappa shape index (κ2) is 3.77. The molecule has 0 bridgehead atoms. The van der Waals surface area contributed by atoms with Crippen molar-refractivity contribution in [2.75, 3.05) is 0 Å². The number of rotatable bonds is 2. The standard InChI is InChI=1S/2C5H5.ClH.Mo/c2*1-2-4-5-3-1;;/h2*1-5H;1H;/q;;;+1. The van der Waals surface area contributed by atoms with Crippen LogP contribution >= 0.6 is 9.42 Å². The van der Waals surface area contributed by atoms with Crippen molar-refractivity contribution >= 4 is 9.42 Å². The third kappa shape index (κ3) is 1.65. The van der Waals surface area contributed by atoms with E-state index in [1.165, 1.54) is 0 Å². The summed E-state index contributed by atoms with van der Waals surface area (Å²) in [7, 11) is 6.46. The van der Waals surface area contributed by atoms with E-state index in [1.807, 2.05) is 0 Å². The summed E-state index contributed by atoms with van der Waals surface area (Å²) in [6.45, 7) is 0. The Labute approximate surface area is 84.3 Å². The number of allylic oxidation sites excluding steroid dienone is 8. The summed E-state index contributed by atoms with van der Waals surface area (Å²) >= 11 is -1.49. The number of hydrogen-bond donors (Lipinski definition) is 0. The molecule has 2 heteroatoms. The van der Waals surface area contributed by atoms with Crippen LogP contribution in [0.3, 0.4) is 0 Å². The van der Waals surface area contributed by atoms with Gasteiger partial charge in [-0.3, -0.25) is 0 Å². The minimum atomic E-state index is -1.49. The van der Waals surface area contributed by atoms with Gasteiger partial charge >= 0.3 is 84.3 Å². The molecule has 0 aromatic heterocycles. The van der Waals surface area contributed by atoms with E-state index >= 15 is 0 Å². The van der Waals surface area contributed by atoms with Gasteiger partial charge in [-0.1, -0.05) is 0 Å². The molecule has 63 valence electrons. The van der Waals surface area contributed by atoms with Gasteiger partial charge in [0.05, 0.1) is 0 Å². The van der Waals surface area contributed by atoms with E-state index in [0.29, 0.717) is 8.62 Å². The molecule has 2 rings (SSSR count). The van der Waals surface area contributed by atoms with E-state index < -0.39 is 16.3 Å². The van der Waals surface area contributed by atoms with Crippen LogP contribution in [-0.2, 0) is 16.3 Å². The maximum absolute atomic E-state index is 6.46. The van der Waals surface area contributed by atoms with Crippen molar-refractivity contribution in [1.29, 1.82) is 0 Å². The average Bonchev–Trinajstić information content (AvgIpc) is 2.77. The van der Waals surface area contributed by atoms with Gasteiger partial charge in [0.25, 0.3) is 0 Å². The molecule has 0 saturated heterocycles. The summed E-state index contributed by atoms with van der Waals surface area (Å²) in [5, 5.41) is 0. The van der Waals surface area contributed by atoms with Gasteiger partial charge in [-0.25, -0.2) is 0 Å². The van der Waals surface area contributed by atoms with Crippen LogP contribution in [0.2, 0.25) is 8.62 Å². The summed E-state index contributed by atoms with van der Waals surface area (Å²) in [4.78, 5) is 0. The summed E-state index contributed by atoms with van der Waals surface area (Å²) in [5.74, 6) is 0. The van der Waals surface area contributed by atoms with Gasteiger partial charge in [-0.2, -0.15) is 0 Å². The second-order valence-electron chi connectivity index (χ2n) is 2.78. The average molecular weight is 263 g/mol.